The molecular formula is C28H28N2O8. The minimum atomic E-state index is -1.39. The fourth-order valence-corrected chi connectivity index (χ4v) is 3.78. The van der Waals surface area contributed by atoms with Gasteiger partial charge in [0, 0.05) is 11.1 Å². The van der Waals surface area contributed by atoms with E-state index in [1.807, 2.05) is 0 Å². The molecule has 0 bridgehead atoms. The summed E-state index contributed by atoms with van der Waals surface area (Å²) in [4.78, 5) is 52.0. The summed E-state index contributed by atoms with van der Waals surface area (Å²) in [5.41, 5.74) is 0.848. The molecule has 0 aliphatic rings. The highest BCUT2D eigenvalue weighted by Gasteiger charge is 2.34. The largest absolute Gasteiger partial charge is 0.493 e. The molecule has 0 aliphatic carbocycles. The van der Waals surface area contributed by atoms with Crippen LogP contribution in [-0.4, -0.2) is 52.2 Å². The molecule has 0 spiro atoms. The van der Waals surface area contributed by atoms with E-state index in [4.69, 9.17) is 18.9 Å². The van der Waals surface area contributed by atoms with Gasteiger partial charge in [0.25, 0.3) is 11.8 Å². The van der Waals surface area contributed by atoms with Crippen LogP contribution in [0.15, 0.2) is 72.8 Å². The van der Waals surface area contributed by atoms with Gasteiger partial charge in [-0.3, -0.25) is 9.59 Å². The molecule has 10 nitrogen and oxygen atoms in total. The van der Waals surface area contributed by atoms with E-state index in [1.54, 1.807) is 60.7 Å². The van der Waals surface area contributed by atoms with Crippen LogP contribution in [-0.2, 0) is 19.1 Å². The first kappa shape index (κ1) is 27.7. The van der Waals surface area contributed by atoms with Crippen molar-refractivity contribution in [2.45, 2.75) is 12.1 Å². The number of amides is 2. The van der Waals surface area contributed by atoms with Crippen molar-refractivity contribution >= 4 is 23.8 Å². The van der Waals surface area contributed by atoms with Crippen molar-refractivity contribution in [1.82, 2.24) is 10.6 Å². The molecule has 0 aromatic heterocycles. The van der Waals surface area contributed by atoms with Crippen molar-refractivity contribution < 1.29 is 38.1 Å². The first-order valence-corrected chi connectivity index (χ1v) is 11.5. The summed E-state index contributed by atoms with van der Waals surface area (Å²) in [5, 5.41) is 5.30. The minimum Gasteiger partial charge on any atom is -0.493 e. The van der Waals surface area contributed by atoms with E-state index in [9.17, 15) is 19.2 Å². The number of ether oxygens (including phenoxy) is 4. The van der Waals surface area contributed by atoms with Crippen LogP contribution in [0.1, 0.15) is 43.9 Å². The van der Waals surface area contributed by atoms with Crippen molar-refractivity contribution in [3.05, 3.63) is 95.1 Å². The molecule has 2 amide bonds. The Morgan fingerprint density at radius 3 is 1.21 bits per heavy atom. The predicted molar refractivity (Wildman–Crippen MR) is 137 cm³/mol. The summed E-state index contributed by atoms with van der Waals surface area (Å²) >= 11 is 0. The highest BCUT2D eigenvalue weighted by Crippen LogP contribution is 2.37. The van der Waals surface area contributed by atoms with Gasteiger partial charge in [-0.2, -0.15) is 0 Å². The number of carbonyl (C=O) groups excluding carboxylic acids is 4. The molecule has 3 aromatic carbocycles. The zero-order valence-corrected chi connectivity index (χ0v) is 21.3. The van der Waals surface area contributed by atoms with E-state index in [0.717, 1.165) is 0 Å². The highest BCUT2D eigenvalue weighted by atomic mass is 16.5. The fraction of sp³-hybridized carbons (Fsp3) is 0.214. The van der Waals surface area contributed by atoms with Gasteiger partial charge >= 0.3 is 11.9 Å². The Morgan fingerprint density at radius 1 is 0.579 bits per heavy atom. The Kier molecular flexibility index (Phi) is 9.42. The summed E-state index contributed by atoms with van der Waals surface area (Å²) < 4.78 is 20.8. The van der Waals surface area contributed by atoms with Gasteiger partial charge in [-0.15, -0.1) is 0 Å². The Balaban J connectivity index is 2.17. The normalized spacial score (nSPS) is 11.9. The van der Waals surface area contributed by atoms with Gasteiger partial charge in [-0.1, -0.05) is 36.4 Å². The van der Waals surface area contributed by atoms with E-state index in [2.05, 4.69) is 10.6 Å². The monoisotopic (exact) mass is 520 g/mol. The maximum atomic E-state index is 13.0. The van der Waals surface area contributed by atoms with Gasteiger partial charge in [-0.05, 0) is 47.5 Å². The van der Waals surface area contributed by atoms with Gasteiger partial charge < -0.3 is 29.6 Å². The average molecular weight is 521 g/mol. The molecule has 0 saturated heterocycles. The third-order valence-electron chi connectivity index (χ3n) is 5.71. The van der Waals surface area contributed by atoms with Gasteiger partial charge in [0.2, 0.25) is 0 Å². The fourth-order valence-electron chi connectivity index (χ4n) is 3.78. The molecular weight excluding hydrogens is 492 g/mol. The van der Waals surface area contributed by atoms with Crippen LogP contribution in [0.25, 0.3) is 0 Å². The molecule has 198 valence electrons. The van der Waals surface area contributed by atoms with E-state index in [-0.39, 0.29) is 22.6 Å². The van der Waals surface area contributed by atoms with Gasteiger partial charge in [0.15, 0.2) is 23.6 Å². The zero-order chi connectivity index (χ0) is 27.7. The van der Waals surface area contributed by atoms with Crippen LogP contribution in [0.2, 0.25) is 0 Å². The van der Waals surface area contributed by atoms with E-state index in [1.165, 1.54) is 40.6 Å². The molecule has 2 atom stereocenters. The van der Waals surface area contributed by atoms with Crippen LogP contribution >= 0.6 is 0 Å². The van der Waals surface area contributed by atoms with Gasteiger partial charge in [0.1, 0.15) is 0 Å². The number of nitrogens with one attached hydrogen (secondary N) is 2. The average Bonchev–Trinajstić information content (AvgIpc) is 2.97. The van der Waals surface area contributed by atoms with Crippen molar-refractivity contribution in [2.24, 2.45) is 0 Å². The molecule has 0 radical (unpaired) electrons. The van der Waals surface area contributed by atoms with Crippen molar-refractivity contribution in [3.8, 4) is 11.5 Å². The first-order chi connectivity index (χ1) is 18.3. The van der Waals surface area contributed by atoms with Crippen LogP contribution in [0.4, 0.5) is 0 Å². The van der Waals surface area contributed by atoms with Crippen molar-refractivity contribution in [2.75, 3.05) is 28.4 Å². The molecule has 3 aromatic rings. The standard InChI is InChI=1S/C28H28N2O8/c1-35-21-15-19(23(27(33)37-3)29-25(31)17-11-7-5-8-12-17)20(16-22(21)36-2)24(28(34)38-4)30-26(32)18-13-9-6-10-14-18/h5-16,23-24H,1-4H3,(H,29,31)(H,30,32)/t23-,24+. The maximum Gasteiger partial charge on any atom is 0.333 e. The highest BCUT2D eigenvalue weighted by molar-refractivity contribution is 5.98. The zero-order valence-electron chi connectivity index (χ0n) is 21.3. The van der Waals surface area contributed by atoms with E-state index in [0.29, 0.717) is 11.1 Å². The lowest BCUT2D eigenvalue weighted by atomic mass is 9.93. The Hall–Kier alpha value is -4.86. The topological polar surface area (TPSA) is 129 Å². The summed E-state index contributed by atoms with van der Waals surface area (Å²) in [5.74, 6) is -2.34. The van der Waals surface area contributed by atoms with Crippen LogP contribution < -0.4 is 20.1 Å². The van der Waals surface area contributed by atoms with Crippen LogP contribution in [0, 0.1) is 0 Å². The Bertz CT molecular complexity index is 1190. The van der Waals surface area contributed by atoms with Gasteiger partial charge in [0.05, 0.1) is 28.4 Å². The second kappa shape index (κ2) is 12.9. The minimum absolute atomic E-state index is 0.127. The molecule has 2 N–H and O–H groups in total. The molecule has 10 heteroatoms. The van der Waals surface area contributed by atoms with Crippen molar-refractivity contribution in [3.63, 3.8) is 0 Å². The molecule has 0 heterocycles. The lowest BCUT2D eigenvalue weighted by Gasteiger charge is -2.26. The molecule has 38 heavy (non-hydrogen) atoms. The van der Waals surface area contributed by atoms with Gasteiger partial charge in [-0.25, -0.2) is 9.59 Å². The number of methoxy groups -OCH3 is 4. The second-order valence-electron chi connectivity index (χ2n) is 7.93. The Morgan fingerprint density at radius 2 is 0.921 bits per heavy atom. The molecule has 0 fully saturated rings. The van der Waals surface area contributed by atoms with Crippen LogP contribution in [0.5, 0.6) is 11.5 Å². The predicted octanol–water partition coefficient (Wildman–Crippen LogP) is 2.99. The SMILES string of the molecule is COC(=O)[C@@H](NC(=O)c1ccccc1)c1cc(OC)c(OC)cc1[C@@H](NC(=O)c1ccccc1)C(=O)OC. The summed E-state index contributed by atoms with van der Waals surface area (Å²) in [6, 6.07) is 16.6. The number of hydrogen-bond acceptors (Lipinski definition) is 8. The third kappa shape index (κ3) is 6.28. The smallest absolute Gasteiger partial charge is 0.333 e. The lowest BCUT2D eigenvalue weighted by Crippen LogP contribution is -2.39. The first-order valence-electron chi connectivity index (χ1n) is 11.5. The second-order valence-corrected chi connectivity index (χ2v) is 7.93. The number of hydrogen-bond donors (Lipinski definition) is 2. The summed E-state index contributed by atoms with van der Waals surface area (Å²) in [7, 11) is 5.12. The summed E-state index contributed by atoms with van der Waals surface area (Å²) in [6.07, 6.45) is 0. The van der Waals surface area contributed by atoms with E-state index >= 15 is 0 Å². The number of carbonyl (C=O) groups is 4. The van der Waals surface area contributed by atoms with E-state index < -0.39 is 35.8 Å². The van der Waals surface area contributed by atoms with Crippen LogP contribution in [0.3, 0.4) is 0 Å². The quantitative estimate of drug-likeness (QED) is 0.391. The Labute approximate surface area is 219 Å². The molecule has 0 unspecified atom stereocenters. The third-order valence-corrected chi connectivity index (χ3v) is 5.71. The molecule has 0 saturated carbocycles. The number of benzene rings is 3. The number of rotatable bonds is 10. The maximum absolute atomic E-state index is 13.0. The molecule has 3 rings (SSSR count). The van der Waals surface area contributed by atoms with Crippen molar-refractivity contribution in [1.29, 1.82) is 0 Å². The molecule has 0 aliphatic heterocycles. The summed E-state index contributed by atoms with van der Waals surface area (Å²) in [6.45, 7) is 0. The lowest BCUT2D eigenvalue weighted by molar-refractivity contribution is -0.144. The number of esters is 2.